The number of aryl methyl sites for hydroxylation is 2. The van der Waals surface area contributed by atoms with Gasteiger partial charge in [-0.15, -0.1) is 0 Å². The predicted octanol–water partition coefficient (Wildman–Crippen LogP) is 4.29. The number of benzene rings is 1. The molecule has 0 amide bonds. The molecule has 0 saturated carbocycles. The van der Waals surface area contributed by atoms with Gasteiger partial charge in [-0.05, 0) is 36.8 Å². The van der Waals surface area contributed by atoms with E-state index in [2.05, 4.69) is 31.2 Å². The van der Waals surface area contributed by atoms with Crippen molar-refractivity contribution in [2.45, 2.75) is 32.6 Å². The molecule has 0 heterocycles. The van der Waals surface area contributed by atoms with Gasteiger partial charge >= 0.3 is 0 Å². The Morgan fingerprint density at radius 3 is 2.47 bits per heavy atom. The molecular formula is C12H18ClOP. The van der Waals surface area contributed by atoms with Crippen LogP contribution in [0.15, 0.2) is 24.3 Å². The van der Waals surface area contributed by atoms with Gasteiger partial charge in [0.05, 0.1) is 0 Å². The highest BCUT2D eigenvalue weighted by Crippen LogP contribution is 2.27. The summed E-state index contributed by atoms with van der Waals surface area (Å²) >= 11 is 5.46. The van der Waals surface area contributed by atoms with E-state index in [1.165, 1.54) is 11.1 Å². The van der Waals surface area contributed by atoms with Gasteiger partial charge in [0, 0.05) is 6.16 Å². The SMILES string of the molecule is CCc1ccccc1CCCC[PH](=O)Cl. The highest BCUT2D eigenvalue weighted by Gasteiger charge is 2.00. The molecule has 84 valence electrons. The van der Waals surface area contributed by atoms with Gasteiger partial charge in [0.2, 0.25) is 0 Å². The zero-order valence-electron chi connectivity index (χ0n) is 9.13. The molecule has 0 spiro atoms. The lowest BCUT2D eigenvalue weighted by molar-refractivity contribution is 0.593. The monoisotopic (exact) mass is 244 g/mol. The van der Waals surface area contributed by atoms with Crippen LogP contribution in [-0.4, -0.2) is 6.16 Å². The minimum absolute atomic E-state index is 0.681. The summed E-state index contributed by atoms with van der Waals surface area (Å²) < 4.78 is 10.7. The van der Waals surface area contributed by atoms with Crippen LogP contribution >= 0.6 is 18.4 Å². The van der Waals surface area contributed by atoms with Crippen molar-refractivity contribution < 1.29 is 4.57 Å². The number of unbranched alkanes of at least 4 members (excludes halogenated alkanes) is 1. The Balaban J connectivity index is 2.39. The second-order valence-corrected chi connectivity index (χ2v) is 6.16. The quantitative estimate of drug-likeness (QED) is 0.539. The van der Waals surface area contributed by atoms with Crippen LogP contribution in [0, 0.1) is 0 Å². The van der Waals surface area contributed by atoms with Gasteiger partial charge < -0.3 is 4.57 Å². The van der Waals surface area contributed by atoms with Crippen molar-refractivity contribution in [2.75, 3.05) is 6.16 Å². The molecular weight excluding hydrogens is 227 g/mol. The fourth-order valence-electron chi connectivity index (χ4n) is 1.73. The first-order chi connectivity index (χ1) is 7.24. The maximum Gasteiger partial charge on any atom is 0.158 e. The van der Waals surface area contributed by atoms with Crippen LogP contribution in [-0.2, 0) is 17.4 Å². The number of rotatable bonds is 6. The van der Waals surface area contributed by atoms with Crippen molar-refractivity contribution in [3.05, 3.63) is 35.4 Å². The average molecular weight is 245 g/mol. The second-order valence-electron chi connectivity index (χ2n) is 3.68. The van der Waals surface area contributed by atoms with E-state index in [0.717, 1.165) is 25.7 Å². The van der Waals surface area contributed by atoms with Gasteiger partial charge in [-0.25, -0.2) is 0 Å². The van der Waals surface area contributed by atoms with E-state index >= 15 is 0 Å². The zero-order chi connectivity index (χ0) is 11.1. The van der Waals surface area contributed by atoms with Crippen molar-refractivity contribution >= 4 is 18.4 Å². The van der Waals surface area contributed by atoms with Crippen LogP contribution in [0.5, 0.6) is 0 Å². The molecule has 0 aliphatic rings. The number of hydrogen-bond acceptors (Lipinski definition) is 1. The minimum atomic E-state index is -1.78. The van der Waals surface area contributed by atoms with E-state index in [0.29, 0.717) is 6.16 Å². The Bertz CT molecular complexity index is 325. The molecule has 0 bridgehead atoms. The van der Waals surface area contributed by atoms with Crippen LogP contribution in [0.3, 0.4) is 0 Å². The minimum Gasteiger partial charge on any atom is -0.310 e. The molecule has 0 aromatic heterocycles. The van der Waals surface area contributed by atoms with Crippen LogP contribution in [0.4, 0.5) is 0 Å². The molecule has 15 heavy (non-hydrogen) atoms. The summed E-state index contributed by atoms with van der Waals surface area (Å²) in [5.74, 6) is 0. The molecule has 1 unspecified atom stereocenters. The molecule has 0 fully saturated rings. The Morgan fingerprint density at radius 1 is 1.20 bits per heavy atom. The smallest absolute Gasteiger partial charge is 0.158 e. The maximum atomic E-state index is 10.7. The zero-order valence-corrected chi connectivity index (χ0v) is 10.9. The summed E-state index contributed by atoms with van der Waals surface area (Å²) in [4.78, 5) is 0. The van der Waals surface area contributed by atoms with Gasteiger partial charge in [-0.1, -0.05) is 42.4 Å². The topological polar surface area (TPSA) is 17.1 Å². The summed E-state index contributed by atoms with van der Waals surface area (Å²) in [6.07, 6.45) is 4.90. The first-order valence-corrected chi connectivity index (χ1v) is 8.12. The molecule has 3 heteroatoms. The standard InChI is InChI=1S/C12H18ClOP/c1-2-11-7-3-4-8-12(11)9-5-6-10-15(13)14/h3-4,7-8,15H,2,5-6,9-10H2,1H3. The molecule has 1 rings (SSSR count). The molecule has 1 nitrogen and oxygen atoms in total. The molecule has 1 atom stereocenters. The van der Waals surface area contributed by atoms with Gasteiger partial charge in [-0.2, -0.15) is 0 Å². The normalized spacial score (nSPS) is 12.7. The van der Waals surface area contributed by atoms with Gasteiger partial charge in [0.15, 0.2) is 7.15 Å². The number of hydrogen-bond donors (Lipinski definition) is 0. The third-order valence-electron chi connectivity index (χ3n) is 2.57. The van der Waals surface area contributed by atoms with Crippen molar-refractivity contribution in [2.24, 2.45) is 0 Å². The Labute approximate surface area is 97.4 Å². The summed E-state index contributed by atoms with van der Waals surface area (Å²) in [6.45, 7) is 2.18. The molecule has 1 aromatic rings. The summed E-state index contributed by atoms with van der Waals surface area (Å²) in [5.41, 5.74) is 2.85. The number of halogens is 1. The van der Waals surface area contributed by atoms with E-state index in [4.69, 9.17) is 11.2 Å². The van der Waals surface area contributed by atoms with Crippen LogP contribution in [0.25, 0.3) is 0 Å². The lowest BCUT2D eigenvalue weighted by Gasteiger charge is -2.06. The lowest BCUT2D eigenvalue weighted by Crippen LogP contribution is -1.93. The van der Waals surface area contributed by atoms with E-state index in [1.54, 1.807) is 0 Å². The summed E-state index contributed by atoms with van der Waals surface area (Å²) in [5, 5.41) is 0. The second kappa shape index (κ2) is 7.09. The largest absolute Gasteiger partial charge is 0.310 e. The maximum absolute atomic E-state index is 10.7. The first kappa shape index (κ1) is 12.8. The van der Waals surface area contributed by atoms with Crippen molar-refractivity contribution in [3.8, 4) is 0 Å². The van der Waals surface area contributed by atoms with Gasteiger partial charge in [-0.3, -0.25) is 0 Å². The lowest BCUT2D eigenvalue weighted by atomic mass is 10.0. The third kappa shape index (κ3) is 4.86. The Morgan fingerprint density at radius 2 is 1.87 bits per heavy atom. The van der Waals surface area contributed by atoms with E-state index < -0.39 is 7.15 Å². The predicted molar refractivity (Wildman–Crippen MR) is 68.5 cm³/mol. The molecule has 1 aromatic carbocycles. The average Bonchev–Trinajstić information content (AvgIpc) is 2.24. The fourth-order valence-corrected chi connectivity index (χ4v) is 2.65. The highest BCUT2D eigenvalue weighted by atomic mass is 35.7. The molecule has 0 aliphatic heterocycles. The summed E-state index contributed by atoms with van der Waals surface area (Å²) in [7, 11) is -1.78. The Hall–Kier alpha value is -0.260. The third-order valence-corrected chi connectivity index (χ3v) is 3.88. The van der Waals surface area contributed by atoms with Crippen molar-refractivity contribution in [3.63, 3.8) is 0 Å². The van der Waals surface area contributed by atoms with E-state index in [-0.39, 0.29) is 0 Å². The highest BCUT2D eigenvalue weighted by molar-refractivity contribution is 7.73. The summed E-state index contributed by atoms with van der Waals surface area (Å²) in [6, 6.07) is 8.53. The van der Waals surface area contributed by atoms with Crippen LogP contribution in [0.1, 0.15) is 30.9 Å². The van der Waals surface area contributed by atoms with Gasteiger partial charge in [0.1, 0.15) is 0 Å². The fraction of sp³-hybridized carbons (Fsp3) is 0.500. The molecule has 0 N–H and O–H groups in total. The van der Waals surface area contributed by atoms with Crippen LogP contribution in [0.2, 0.25) is 0 Å². The van der Waals surface area contributed by atoms with Crippen molar-refractivity contribution in [1.29, 1.82) is 0 Å². The Kier molecular flexibility index (Phi) is 6.05. The van der Waals surface area contributed by atoms with E-state index in [9.17, 15) is 4.57 Å². The first-order valence-electron chi connectivity index (χ1n) is 5.49. The molecule has 0 saturated heterocycles. The van der Waals surface area contributed by atoms with Crippen molar-refractivity contribution in [1.82, 2.24) is 0 Å². The molecule has 0 radical (unpaired) electrons. The van der Waals surface area contributed by atoms with Gasteiger partial charge in [0.25, 0.3) is 0 Å². The van der Waals surface area contributed by atoms with E-state index in [1.807, 2.05) is 0 Å². The van der Waals surface area contributed by atoms with Crippen LogP contribution < -0.4 is 0 Å². The molecule has 0 aliphatic carbocycles.